The standard InChI is InChI=1S/C10H14BrNO3/c1-14-9-4-6(11)3-7(8(13)5-12)10(9)15-2/h3-4,8,13H,5,12H2,1-2H3/t8-/m0/s1. The van der Waals surface area contributed by atoms with E-state index in [1.54, 1.807) is 19.2 Å². The molecule has 5 heteroatoms. The predicted molar refractivity (Wildman–Crippen MR) is 61.3 cm³/mol. The van der Waals surface area contributed by atoms with Crippen LogP contribution < -0.4 is 15.2 Å². The monoisotopic (exact) mass is 275 g/mol. The fraction of sp³-hybridized carbons (Fsp3) is 0.400. The lowest BCUT2D eigenvalue weighted by atomic mass is 10.1. The van der Waals surface area contributed by atoms with Gasteiger partial charge in [-0.25, -0.2) is 0 Å². The number of hydrogen-bond acceptors (Lipinski definition) is 4. The molecule has 0 radical (unpaired) electrons. The molecule has 1 aromatic carbocycles. The molecule has 0 heterocycles. The lowest BCUT2D eigenvalue weighted by Gasteiger charge is -2.16. The number of aliphatic hydroxyl groups is 1. The Morgan fingerprint density at radius 2 is 2.07 bits per heavy atom. The van der Waals surface area contributed by atoms with E-state index in [9.17, 15) is 5.11 Å². The van der Waals surface area contributed by atoms with Gasteiger partial charge in [-0.3, -0.25) is 0 Å². The van der Waals surface area contributed by atoms with E-state index in [4.69, 9.17) is 15.2 Å². The summed E-state index contributed by atoms with van der Waals surface area (Å²) in [5, 5.41) is 9.70. The highest BCUT2D eigenvalue weighted by atomic mass is 79.9. The first-order valence-corrected chi connectivity index (χ1v) is 5.22. The van der Waals surface area contributed by atoms with E-state index in [-0.39, 0.29) is 6.54 Å². The molecule has 1 aromatic rings. The van der Waals surface area contributed by atoms with Crippen LogP contribution in [0, 0.1) is 0 Å². The molecule has 0 aliphatic carbocycles. The Bertz CT molecular complexity index is 344. The Morgan fingerprint density at radius 3 is 2.53 bits per heavy atom. The molecule has 0 fully saturated rings. The third kappa shape index (κ3) is 2.62. The zero-order chi connectivity index (χ0) is 11.4. The number of aliphatic hydroxyl groups excluding tert-OH is 1. The maximum absolute atomic E-state index is 9.70. The predicted octanol–water partition coefficient (Wildman–Crippen LogP) is 1.46. The topological polar surface area (TPSA) is 64.7 Å². The number of ether oxygens (including phenoxy) is 2. The van der Waals surface area contributed by atoms with E-state index in [0.29, 0.717) is 17.1 Å². The van der Waals surface area contributed by atoms with Crippen LogP contribution in [0.3, 0.4) is 0 Å². The van der Waals surface area contributed by atoms with Crippen LogP contribution in [-0.2, 0) is 0 Å². The third-order valence-corrected chi connectivity index (χ3v) is 2.51. The van der Waals surface area contributed by atoms with Gasteiger partial charge in [-0.1, -0.05) is 15.9 Å². The van der Waals surface area contributed by atoms with Crippen molar-refractivity contribution in [1.82, 2.24) is 0 Å². The average Bonchev–Trinajstić information content (AvgIpc) is 2.26. The molecule has 1 rings (SSSR count). The Morgan fingerprint density at radius 1 is 1.40 bits per heavy atom. The molecule has 15 heavy (non-hydrogen) atoms. The fourth-order valence-electron chi connectivity index (χ4n) is 1.33. The molecule has 0 aliphatic heterocycles. The zero-order valence-corrected chi connectivity index (χ0v) is 10.2. The molecule has 0 aromatic heterocycles. The van der Waals surface area contributed by atoms with Crippen molar-refractivity contribution in [2.45, 2.75) is 6.10 Å². The second-order valence-corrected chi connectivity index (χ2v) is 3.90. The normalized spacial score (nSPS) is 12.3. The van der Waals surface area contributed by atoms with Crippen molar-refractivity contribution >= 4 is 15.9 Å². The molecule has 3 N–H and O–H groups in total. The van der Waals surface area contributed by atoms with Crippen molar-refractivity contribution < 1.29 is 14.6 Å². The summed E-state index contributed by atoms with van der Waals surface area (Å²) in [6.45, 7) is 0.135. The van der Waals surface area contributed by atoms with Crippen molar-refractivity contribution in [2.24, 2.45) is 5.73 Å². The molecule has 0 amide bonds. The van der Waals surface area contributed by atoms with Crippen LogP contribution in [-0.4, -0.2) is 25.9 Å². The van der Waals surface area contributed by atoms with Gasteiger partial charge < -0.3 is 20.3 Å². The first-order valence-electron chi connectivity index (χ1n) is 4.43. The van der Waals surface area contributed by atoms with Crippen LogP contribution in [0.5, 0.6) is 11.5 Å². The molecule has 0 spiro atoms. The minimum Gasteiger partial charge on any atom is -0.493 e. The summed E-state index contributed by atoms with van der Waals surface area (Å²) in [6, 6.07) is 3.53. The number of hydrogen-bond donors (Lipinski definition) is 2. The second kappa shape index (κ2) is 5.34. The number of benzene rings is 1. The van der Waals surface area contributed by atoms with Crippen LogP contribution in [0.2, 0.25) is 0 Å². The average molecular weight is 276 g/mol. The highest BCUT2D eigenvalue weighted by Gasteiger charge is 2.17. The quantitative estimate of drug-likeness (QED) is 0.873. The molecule has 0 saturated heterocycles. The Balaban J connectivity index is 3.28. The summed E-state index contributed by atoms with van der Waals surface area (Å²) in [5.41, 5.74) is 6.02. The van der Waals surface area contributed by atoms with Crippen molar-refractivity contribution in [3.8, 4) is 11.5 Å². The molecule has 0 saturated carbocycles. The molecular weight excluding hydrogens is 262 g/mol. The SMILES string of the molecule is COc1cc(Br)cc([C@@H](O)CN)c1OC. The summed E-state index contributed by atoms with van der Waals surface area (Å²) < 4.78 is 11.1. The van der Waals surface area contributed by atoms with E-state index in [0.717, 1.165) is 4.47 Å². The van der Waals surface area contributed by atoms with Crippen molar-refractivity contribution in [3.63, 3.8) is 0 Å². The molecule has 0 bridgehead atoms. The summed E-state index contributed by atoms with van der Waals surface area (Å²) in [5.74, 6) is 1.08. The van der Waals surface area contributed by atoms with Gasteiger partial charge in [0.25, 0.3) is 0 Å². The first kappa shape index (κ1) is 12.3. The number of rotatable bonds is 4. The van der Waals surface area contributed by atoms with E-state index < -0.39 is 6.10 Å². The molecule has 0 unspecified atom stereocenters. The van der Waals surface area contributed by atoms with Crippen molar-refractivity contribution in [3.05, 3.63) is 22.2 Å². The Labute approximate surface area is 97.1 Å². The van der Waals surface area contributed by atoms with Gasteiger partial charge in [0.05, 0.1) is 20.3 Å². The minimum atomic E-state index is -0.758. The third-order valence-electron chi connectivity index (χ3n) is 2.05. The minimum absolute atomic E-state index is 0.135. The molecule has 1 atom stereocenters. The highest BCUT2D eigenvalue weighted by Crippen LogP contribution is 2.37. The summed E-state index contributed by atoms with van der Waals surface area (Å²) in [6.07, 6.45) is -0.758. The zero-order valence-electron chi connectivity index (χ0n) is 8.66. The van der Waals surface area contributed by atoms with Crippen LogP contribution in [0.4, 0.5) is 0 Å². The molecular formula is C10H14BrNO3. The Hall–Kier alpha value is -0.780. The van der Waals surface area contributed by atoms with Gasteiger partial charge in [-0.05, 0) is 12.1 Å². The van der Waals surface area contributed by atoms with E-state index >= 15 is 0 Å². The lowest BCUT2D eigenvalue weighted by Crippen LogP contribution is -2.13. The van der Waals surface area contributed by atoms with E-state index in [1.165, 1.54) is 7.11 Å². The summed E-state index contributed by atoms with van der Waals surface area (Å²) in [7, 11) is 3.07. The van der Waals surface area contributed by atoms with E-state index in [1.807, 2.05) is 0 Å². The van der Waals surface area contributed by atoms with Crippen LogP contribution >= 0.6 is 15.9 Å². The number of nitrogens with two attached hydrogens (primary N) is 1. The smallest absolute Gasteiger partial charge is 0.166 e. The van der Waals surface area contributed by atoms with Gasteiger partial charge in [0.2, 0.25) is 0 Å². The van der Waals surface area contributed by atoms with Crippen LogP contribution in [0.1, 0.15) is 11.7 Å². The Kier molecular flexibility index (Phi) is 4.38. The largest absolute Gasteiger partial charge is 0.493 e. The molecule has 84 valence electrons. The van der Waals surface area contributed by atoms with Gasteiger partial charge in [0, 0.05) is 16.6 Å². The second-order valence-electron chi connectivity index (χ2n) is 2.98. The van der Waals surface area contributed by atoms with Gasteiger partial charge in [0.15, 0.2) is 11.5 Å². The van der Waals surface area contributed by atoms with Crippen molar-refractivity contribution in [1.29, 1.82) is 0 Å². The van der Waals surface area contributed by atoms with Gasteiger partial charge in [0.1, 0.15) is 0 Å². The maximum atomic E-state index is 9.70. The fourth-order valence-corrected chi connectivity index (χ4v) is 1.79. The lowest BCUT2D eigenvalue weighted by molar-refractivity contribution is 0.181. The van der Waals surface area contributed by atoms with Gasteiger partial charge >= 0.3 is 0 Å². The molecule has 0 aliphatic rings. The number of halogens is 1. The number of methoxy groups -OCH3 is 2. The van der Waals surface area contributed by atoms with Gasteiger partial charge in [-0.2, -0.15) is 0 Å². The van der Waals surface area contributed by atoms with Crippen LogP contribution in [0.25, 0.3) is 0 Å². The summed E-state index contributed by atoms with van der Waals surface area (Å²) in [4.78, 5) is 0. The van der Waals surface area contributed by atoms with Crippen LogP contribution in [0.15, 0.2) is 16.6 Å². The first-order chi connectivity index (χ1) is 7.13. The molecule has 4 nitrogen and oxygen atoms in total. The van der Waals surface area contributed by atoms with Crippen molar-refractivity contribution in [2.75, 3.05) is 20.8 Å². The van der Waals surface area contributed by atoms with Gasteiger partial charge in [-0.15, -0.1) is 0 Å². The maximum Gasteiger partial charge on any atom is 0.166 e. The summed E-state index contributed by atoms with van der Waals surface area (Å²) >= 11 is 3.33. The van der Waals surface area contributed by atoms with E-state index in [2.05, 4.69) is 15.9 Å². The highest BCUT2D eigenvalue weighted by molar-refractivity contribution is 9.10.